The highest BCUT2D eigenvalue weighted by molar-refractivity contribution is 5.91. The second kappa shape index (κ2) is 6.75. The SMILES string of the molecule is CCCCc1ccc(C(=O)O)c(Oc2ccccc2)c1. The molecule has 2 aromatic carbocycles. The summed E-state index contributed by atoms with van der Waals surface area (Å²) in [5, 5.41) is 9.23. The quantitative estimate of drug-likeness (QED) is 0.839. The Morgan fingerprint density at radius 3 is 2.55 bits per heavy atom. The van der Waals surface area contributed by atoms with Gasteiger partial charge in [-0.15, -0.1) is 0 Å². The first-order valence-electron chi connectivity index (χ1n) is 6.80. The molecule has 0 aliphatic carbocycles. The maximum absolute atomic E-state index is 11.3. The maximum Gasteiger partial charge on any atom is 0.339 e. The lowest BCUT2D eigenvalue weighted by atomic mass is 10.1. The van der Waals surface area contributed by atoms with Crippen molar-refractivity contribution in [2.24, 2.45) is 0 Å². The summed E-state index contributed by atoms with van der Waals surface area (Å²) in [7, 11) is 0. The summed E-state index contributed by atoms with van der Waals surface area (Å²) in [6.45, 7) is 2.13. The van der Waals surface area contributed by atoms with E-state index in [-0.39, 0.29) is 5.56 Å². The number of carboxylic acids is 1. The average Bonchev–Trinajstić information content (AvgIpc) is 2.46. The third kappa shape index (κ3) is 3.60. The largest absolute Gasteiger partial charge is 0.478 e. The fourth-order valence-electron chi connectivity index (χ4n) is 1.98. The summed E-state index contributed by atoms with van der Waals surface area (Å²) >= 11 is 0. The Balaban J connectivity index is 2.29. The van der Waals surface area contributed by atoms with Gasteiger partial charge in [-0.2, -0.15) is 0 Å². The van der Waals surface area contributed by atoms with E-state index in [2.05, 4.69) is 6.92 Å². The molecule has 0 bridgehead atoms. The van der Waals surface area contributed by atoms with Crippen LogP contribution in [0.15, 0.2) is 48.5 Å². The van der Waals surface area contributed by atoms with Crippen LogP contribution >= 0.6 is 0 Å². The van der Waals surface area contributed by atoms with E-state index in [1.807, 2.05) is 42.5 Å². The minimum Gasteiger partial charge on any atom is -0.478 e. The van der Waals surface area contributed by atoms with Crippen LogP contribution in [-0.4, -0.2) is 11.1 Å². The first kappa shape index (κ1) is 14.1. The summed E-state index contributed by atoms with van der Waals surface area (Å²) in [5.41, 5.74) is 1.29. The Labute approximate surface area is 118 Å². The first-order valence-corrected chi connectivity index (χ1v) is 6.80. The smallest absolute Gasteiger partial charge is 0.339 e. The number of ether oxygens (including phenoxy) is 1. The molecule has 0 saturated carbocycles. The highest BCUT2D eigenvalue weighted by Gasteiger charge is 2.12. The average molecular weight is 270 g/mol. The number of hydrogen-bond donors (Lipinski definition) is 1. The Morgan fingerprint density at radius 1 is 1.15 bits per heavy atom. The standard InChI is InChI=1S/C17H18O3/c1-2-3-7-13-10-11-15(17(18)19)16(12-13)20-14-8-5-4-6-9-14/h4-6,8-12H,2-3,7H2,1H3,(H,18,19). The van der Waals surface area contributed by atoms with Crippen LogP contribution in [0.1, 0.15) is 35.7 Å². The minimum atomic E-state index is -0.974. The normalized spacial score (nSPS) is 10.2. The Morgan fingerprint density at radius 2 is 1.90 bits per heavy atom. The molecule has 0 spiro atoms. The lowest BCUT2D eigenvalue weighted by Crippen LogP contribution is -2.01. The molecule has 0 radical (unpaired) electrons. The van der Waals surface area contributed by atoms with Crippen molar-refractivity contribution in [3.05, 3.63) is 59.7 Å². The lowest BCUT2D eigenvalue weighted by molar-refractivity contribution is 0.0694. The Kier molecular flexibility index (Phi) is 4.77. The molecular weight excluding hydrogens is 252 g/mol. The molecule has 0 aromatic heterocycles. The van der Waals surface area contributed by atoms with E-state index in [1.165, 1.54) is 0 Å². The van der Waals surface area contributed by atoms with Gasteiger partial charge in [0.05, 0.1) is 0 Å². The van der Waals surface area contributed by atoms with Crippen LogP contribution in [0.4, 0.5) is 0 Å². The molecule has 0 amide bonds. The van der Waals surface area contributed by atoms with Crippen LogP contribution in [0, 0.1) is 0 Å². The van der Waals surface area contributed by atoms with E-state index in [0.29, 0.717) is 11.5 Å². The molecule has 0 unspecified atom stereocenters. The lowest BCUT2D eigenvalue weighted by Gasteiger charge is -2.10. The molecule has 0 aliphatic heterocycles. The summed E-state index contributed by atoms with van der Waals surface area (Å²) in [6, 6.07) is 14.5. The third-order valence-electron chi connectivity index (χ3n) is 3.07. The van der Waals surface area contributed by atoms with Gasteiger partial charge >= 0.3 is 5.97 Å². The van der Waals surface area contributed by atoms with Gasteiger partial charge in [-0.25, -0.2) is 4.79 Å². The van der Waals surface area contributed by atoms with Gasteiger partial charge in [0.2, 0.25) is 0 Å². The van der Waals surface area contributed by atoms with Crippen molar-refractivity contribution in [1.82, 2.24) is 0 Å². The molecule has 1 N–H and O–H groups in total. The summed E-state index contributed by atoms with van der Waals surface area (Å²) < 4.78 is 5.71. The van der Waals surface area contributed by atoms with Crippen LogP contribution in [0.3, 0.4) is 0 Å². The van der Waals surface area contributed by atoms with Gasteiger partial charge in [-0.3, -0.25) is 0 Å². The van der Waals surface area contributed by atoms with E-state index in [4.69, 9.17) is 4.74 Å². The van der Waals surface area contributed by atoms with Crippen molar-refractivity contribution in [1.29, 1.82) is 0 Å². The predicted octanol–water partition coefficient (Wildman–Crippen LogP) is 4.52. The Bertz CT molecular complexity index is 576. The number of rotatable bonds is 6. The van der Waals surface area contributed by atoms with Crippen LogP contribution < -0.4 is 4.74 Å². The minimum absolute atomic E-state index is 0.189. The summed E-state index contributed by atoms with van der Waals surface area (Å²) in [5.74, 6) is 0.0675. The van der Waals surface area contributed by atoms with Gasteiger partial charge in [0.1, 0.15) is 17.1 Å². The molecule has 2 aromatic rings. The summed E-state index contributed by atoms with van der Waals surface area (Å²) in [6.07, 6.45) is 3.12. The van der Waals surface area contributed by atoms with Gasteiger partial charge in [0.25, 0.3) is 0 Å². The number of benzene rings is 2. The zero-order valence-corrected chi connectivity index (χ0v) is 11.5. The molecule has 3 heteroatoms. The monoisotopic (exact) mass is 270 g/mol. The number of carboxylic acid groups (broad SMARTS) is 1. The predicted molar refractivity (Wildman–Crippen MR) is 78.5 cm³/mol. The van der Waals surface area contributed by atoms with Crippen molar-refractivity contribution in [3.8, 4) is 11.5 Å². The molecule has 104 valence electrons. The van der Waals surface area contributed by atoms with Crippen LogP contribution in [-0.2, 0) is 6.42 Å². The van der Waals surface area contributed by atoms with Crippen molar-refractivity contribution >= 4 is 5.97 Å². The second-order valence-corrected chi connectivity index (χ2v) is 4.65. The van der Waals surface area contributed by atoms with Gasteiger partial charge in [-0.05, 0) is 42.7 Å². The zero-order chi connectivity index (χ0) is 14.4. The van der Waals surface area contributed by atoms with E-state index in [0.717, 1.165) is 24.8 Å². The van der Waals surface area contributed by atoms with Crippen molar-refractivity contribution in [3.63, 3.8) is 0 Å². The molecule has 0 fully saturated rings. The molecule has 3 nitrogen and oxygen atoms in total. The van der Waals surface area contributed by atoms with Gasteiger partial charge in [-0.1, -0.05) is 37.6 Å². The van der Waals surface area contributed by atoms with E-state index in [9.17, 15) is 9.90 Å². The number of para-hydroxylation sites is 1. The van der Waals surface area contributed by atoms with Crippen molar-refractivity contribution < 1.29 is 14.6 Å². The van der Waals surface area contributed by atoms with Gasteiger partial charge < -0.3 is 9.84 Å². The molecule has 0 heterocycles. The van der Waals surface area contributed by atoms with Crippen LogP contribution in [0.5, 0.6) is 11.5 Å². The van der Waals surface area contributed by atoms with Crippen LogP contribution in [0.2, 0.25) is 0 Å². The topological polar surface area (TPSA) is 46.5 Å². The van der Waals surface area contributed by atoms with Gasteiger partial charge in [0.15, 0.2) is 0 Å². The van der Waals surface area contributed by atoms with E-state index in [1.54, 1.807) is 6.07 Å². The number of unbranched alkanes of at least 4 members (excludes halogenated alkanes) is 1. The Hall–Kier alpha value is -2.29. The number of carbonyl (C=O) groups is 1. The fourth-order valence-corrected chi connectivity index (χ4v) is 1.98. The molecule has 0 saturated heterocycles. The molecular formula is C17H18O3. The zero-order valence-electron chi connectivity index (χ0n) is 11.5. The van der Waals surface area contributed by atoms with Gasteiger partial charge in [0, 0.05) is 0 Å². The van der Waals surface area contributed by atoms with E-state index < -0.39 is 5.97 Å². The number of aromatic carboxylic acids is 1. The first-order chi connectivity index (χ1) is 9.70. The molecule has 0 aliphatic rings. The number of aryl methyl sites for hydroxylation is 1. The third-order valence-corrected chi connectivity index (χ3v) is 3.07. The second-order valence-electron chi connectivity index (χ2n) is 4.65. The maximum atomic E-state index is 11.3. The molecule has 20 heavy (non-hydrogen) atoms. The van der Waals surface area contributed by atoms with Crippen LogP contribution in [0.25, 0.3) is 0 Å². The van der Waals surface area contributed by atoms with E-state index >= 15 is 0 Å². The molecule has 2 rings (SSSR count). The highest BCUT2D eigenvalue weighted by Crippen LogP contribution is 2.27. The van der Waals surface area contributed by atoms with Crippen molar-refractivity contribution in [2.75, 3.05) is 0 Å². The number of hydrogen-bond acceptors (Lipinski definition) is 2. The highest BCUT2D eigenvalue weighted by atomic mass is 16.5. The fraction of sp³-hybridized carbons (Fsp3) is 0.235. The summed E-state index contributed by atoms with van der Waals surface area (Å²) in [4.78, 5) is 11.3. The van der Waals surface area contributed by atoms with Crippen molar-refractivity contribution in [2.45, 2.75) is 26.2 Å². The molecule has 0 atom stereocenters.